The van der Waals surface area contributed by atoms with Gasteiger partial charge in [-0.25, -0.2) is 0 Å². The number of hydrogen-bond donors (Lipinski definition) is 1. The van der Waals surface area contributed by atoms with Gasteiger partial charge < -0.3 is 0 Å². The van der Waals surface area contributed by atoms with Crippen LogP contribution in [0.15, 0.2) is 24.3 Å². The highest BCUT2D eigenvalue weighted by Crippen LogP contribution is 2.37. The average molecular weight is 266 g/mol. The van der Waals surface area contributed by atoms with E-state index in [0.717, 1.165) is 16.4 Å². The molecule has 0 radical (unpaired) electrons. The van der Waals surface area contributed by atoms with Crippen LogP contribution in [0, 0.1) is 0 Å². The molecule has 1 aliphatic heterocycles. The van der Waals surface area contributed by atoms with Gasteiger partial charge in [-0.2, -0.15) is 26.3 Å². The molecule has 0 bridgehead atoms. The van der Waals surface area contributed by atoms with Gasteiger partial charge >= 0.3 is 16.4 Å². The van der Waals surface area contributed by atoms with Crippen molar-refractivity contribution >= 4 is 15.9 Å². The number of nitrogens with zero attached hydrogens (tertiary/aromatic N) is 1. The Morgan fingerprint density at radius 1 is 1.24 bits per heavy atom. The van der Waals surface area contributed by atoms with E-state index in [1.54, 1.807) is 0 Å². The van der Waals surface area contributed by atoms with E-state index in [0.29, 0.717) is 0 Å². The van der Waals surface area contributed by atoms with Gasteiger partial charge in [0.2, 0.25) is 0 Å². The van der Waals surface area contributed by atoms with Crippen molar-refractivity contribution in [3.05, 3.63) is 29.8 Å². The maximum Gasteiger partial charge on any atom is 0.418 e. The fourth-order valence-electron chi connectivity index (χ4n) is 1.66. The maximum absolute atomic E-state index is 12.7. The summed E-state index contributed by atoms with van der Waals surface area (Å²) in [6, 6.07) is 4.61. The minimum Gasteiger partial charge on any atom is -0.256 e. The van der Waals surface area contributed by atoms with Gasteiger partial charge in [-0.15, -0.1) is 0 Å². The summed E-state index contributed by atoms with van der Waals surface area (Å²) >= 11 is 0. The summed E-state index contributed by atoms with van der Waals surface area (Å²) in [5.41, 5.74) is -1.29. The monoisotopic (exact) mass is 266 g/mol. The van der Waals surface area contributed by atoms with E-state index in [1.807, 2.05) is 0 Å². The summed E-state index contributed by atoms with van der Waals surface area (Å²) in [6.45, 7) is 0.101. The Morgan fingerprint density at radius 2 is 1.88 bits per heavy atom. The molecule has 1 aromatic carbocycles. The van der Waals surface area contributed by atoms with E-state index in [4.69, 9.17) is 0 Å². The molecule has 1 saturated heterocycles. The van der Waals surface area contributed by atoms with Crippen molar-refractivity contribution in [3.8, 4) is 0 Å². The molecule has 8 heteroatoms. The molecule has 1 heterocycles. The lowest BCUT2D eigenvalue weighted by Gasteiger charge is -2.20. The SMILES string of the molecule is O=S1(=O)NCCN1c1ccccc1C(F)(F)F. The second-order valence-corrected chi connectivity index (χ2v) is 5.17. The first-order valence-electron chi connectivity index (χ1n) is 4.76. The van der Waals surface area contributed by atoms with Gasteiger partial charge in [0.25, 0.3) is 0 Å². The second kappa shape index (κ2) is 3.88. The van der Waals surface area contributed by atoms with Crippen LogP contribution < -0.4 is 9.03 Å². The van der Waals surface area contributed by atoms with Crippen LogP contribution in [0.4, 0.5) is 18.9 Å². The molecule has 0 aromatic heterocycles. The van der Waals surface area contributed by atoms with Crippen LogP contribution in [-0.4, -0.2) is 21.5 Å². The van der Waals surface area contributed by atoms with Crippen molar-refractivity contribution in [2.24, 2.45) is 0 Å². The van der Waals surface area contributed by atoms with Gasteiger partial charge in [0.05, 0.1) is 11.3 Å². The molecule has 0 atom stereocenters. The van der Waals surface area contributed by atoms with Crippen molar-refractivity contribution in [1.29, 1.82) is 0 Å². The predicted molar refractivity (Wildman–Crippen MR) is 55.7 cm³/mol. The van der Waals surface area contributed by atoms with Crippen LogP contribution in [0.1, 0.15) is 5.56 Å². The van der Waals surface area contributed by atoms with E-state index in [9.17, 15) is 21.6 Å². The van der Waals surface area contributed by atoms with Gasteiger partial charge in [0.15, 0.2) is 0 Å². The Balaban J connectivity index is 2.53. The molecule has 0 unspecified atom stereocenters. The first-order chi connectivity index (χ1) is 7.82. The Morgan fingerprint density at radius 3 is 2.41 bits per heavy atom. The van der Waals surface area contributed by atoms with Gasteiger partial charge in [-0.1, -0.05) is 12.1 Å². The number of alkyl halides is 3. The summed E-state index contributed by atoms with van der Waals surface area (Å²) < 4.78 is 64.0. The zero-order valence-corrected chi connectivity index (χ0v) is 9.35. The van der Waals surface area contributed by atoms with E-state index in [-0.39, 0.29) is 18.8 Å². The molecular formula is C9H9F3N2O2S. The summed E-state index contributed by atoms with van der Waals surface area (Å²) in [4.78, 5) is 0. The minimum atomic E-state index is -4.57. The number of rotatable bonds is 1. The molecule has 17 heavy (non-hydrogen) atoms. The molecule has 1 aliphatic rings. The number of hydrogen-bond acceptors (Lipinski definition) is 2. The lowest BCUT2D eigenvalue weighted by molar-refractivity contribution is -0.137. The van der Waals surface area contributed by atoms with Crippen LogP contribution in [0.3, 0.4) is 0 Å². The fourth-order valence-corrected chi connectivity index (χ4v) is 2.91. The van der Waals surface area contributed by atoms with Crippen molar-refractivity contribution in [2.45, 2.75) is 6.18 Å². The lowest BCUT2D eigenvalue weighted by atomic mass is 10.1. The van der Waals surface area contributed by atoms with E-state index < -0.39 is 21.9 Å². The van der Waals surface area contributed by atoms with E-state index >= 15 is 0 Å². The smallest absolute Gasteiger partial charge is 0.256 e. The van der Waals surface area contributed by atoms with Gasteiger partial charge in [0, 0.05) is 13.1 Å². The topological polar surface area (TPSA) is 49.4 Å². The number of halogens is 3. The molecule has 1 aromatic rings. The molecule has 4 nitrogen and oxygen atoms in total. The van der Waals surface area contributed by atoms with Gasteiger partial charge in [-0.05, 0) is 12.1 Å². The largest absolute Gasteiger partial charge is 0.418 e. The van der Waals surface area contributed by atoms with Crippen LogP contribution in [-0.2, 0) is 16.4 Å². The van der Waals surface area contributed by atoms with Crippen LogP contribution in [0.5, 0.6) is 0 Å². The highest BCUT2D eigenvalue weighted by molar-refractivity contribution is 7.91. The van der Waals surface area contributed by atoms with E-state index in [2.05, 4.69) is 4.72 Å². The third-order valence-electron chi connectivity index (χ3n) is 2.37. The number of anilines is 1. The molecule has 1 fully saturated rings. The average Bonchev–Trinajstić information content (AvgIpc) is 2.57. The Kier molecular flexibility index (Phi) is 2.78. The molecule has 1 N–H and O–H groups in total. The number of para-hydroxylation sites is 1. The minimum absolute atomic E-state index is 0.00454. The van der Waals surface area contributed by atoms with Crippen molar-refractivity contribution in [2.75, 3.05) is 17.4 Å². The highest BCUT2D eigenvalue weighted by atomic mass is 32.2. The third kappa shape index (κ3) is 2.22. The lowest BCUT2D eigenvalue weighted by Crippen LogP contribution is -2.31. The van der Waals surface area contributed by atoms with Crippen molar-refractivity contribution in [3.63, 3.8) is 0 Å². The zero-order valence-electron chi connectivity index (χ0n) is 8.53. The standard InChI is InChI=1S/C9H9F3N2O2S/c10-9(11,12)7-3-1-2-4-8(7)14-6-5-13-17(14,15)16/h1-4,13H,5-6H2. The summed E-state index contributed by atoms with van der Waals surface area (Å²) in [5, 5.41) is 0. The summed E-state index contributed by atoms with van der Waals surface area (Å²) in [5.74, 6) is 0. The number of benzene rings is 1. The van der Waals surface area contributed by atoms with Gasteiger partial charge in [0.1, 0.15) is 0 Å². The highest BCUT2D eigenvalue weighted by Gasteiger charge is 2.38. The molecular weight excluding hydrogens is 257 g/mol. The van der Waals surface area contributed by atoms with Gasteiger partial charge in [-0.3, -0.25) is 4.31 Å². The first-order valence-corrected chi connectivity index (χ1v) is 6.20. The Hall–Kier alpha value is -1.28. The quantitative estimate of drug-likeness (QED) is 0.834. The summed E-state index contributed by atoms with van der Waals surface area (Å²) in [6.07, 6.45) is -4.57. The Labute approximate surface area is 96.2 Å². The molecule has 0 spiro atoms. The number of nitrogens with one attached hydrogen (secondary N) is 1. The fraction of sp³-hybridized carbons (Fsp3) is 0.333. The van der Waals surface area contributed by atoms with Crippen LogP contribution >= 0.6 is 0 Å². The Bertz CT molecular complexity index is 527. The maximum atomic E-state index is 12.7. The van der Waals surface area contributed by atoms with Crippen LogP contribution in [0.25, 0.3) is 0 Å². The first kappa shape index (κ1) is 12.2. The molecule has 2 rings (SSSR count). The summed E-state index contributed by atoms with van der Waals surface area (Å²) in [7, 11) is -3.84. The second-order valence-electron chi connectivity index (χ2n) is 3.49. The van der Waals surface area contributed by atoms with Crippen molar-refractivity contribution < 1.29 is 21.6 Å². The molecule has 94 valence electrons. The third-order valence-corrected chi connectivity index (χ3v) is 3.90. The molecule has 0 aliphatic carbocycles. The molecule has 0 saturated carbocycles. The van der Waals surface area contributed by atoms with E-state index in [1.165, 1.54) is 12.1 Å². The zero-order chi connectivity index (χ0) is 12.7. The predicted octanol–water partition coefficient (Wildman–Crippen LogP) is 1.36. The normalized spacial score (nSPS) is 19.6. The molecule has 0 amide bonds. The van der Waals surface area contributed by atoms with Crippen molar-refractivity contribution in [1.82, 2.24) is 4.72 Å². The van der Waals surface area contributed by atoms with Crippen LogP contribution in [0.2, 0.25) is 0 Å².